The molecule has 0 radical (unpaired) electrons. The molecule has 0 saturated carbocycles. The Labute approximate surface area is 142 Å². The topological polar surface area (TPSA) is 45.7 Å². The summed E-state index contributed by atoms with van der Waals surface area (Å²) >= 11 is 5.06. The molecule has 0 amide bonds. The summed E-state index contributed by atoms with van der Waals surface area (Å²) in [6.07, 6.45) is 1.71. The molecule has 0 atom stereocenters. The van der Waals surface area contributed by atoms with E-state index in [1.807, 2.05) is 43.3 Å². The minimum atomic E-state index is 0.502. The monoisotopic (exact) mass is 327 g/mol. The third kappa shape index (κ3) is 5.38. The Morgan fingerprint density at radius 2 is 1.91 bits per heavy atom. The molecule has 0 aliphatic heterocycles. The minimum absolute atomic E-state index is 0.502. The number of thiocarbonyl (C=S) groups is 1. The van der Waals surface area contributed by atoms with Crippen LogP contribution in [0.3, 0.4) is 0 Å². The second kappa shape index (κ2) is 8.90. The maximum absolute atomic E-state index is 5.94. The molecule has 0 aromatic heterocycles. The summed E-state index contributed by atoms with van der Waals surface area (Å²) in [5, 5.41) is 7.61. The molecule has 4 nitrogen and oxygen atoms in total. The van der Waals surface area contributed by atoms with Gasteiger partial charge in [-0.3, -0.25) is 5.43 Å². The smallest absolute Gasteiger partial charge is 0.186 e. The van der Waals surface area contributed by atoms with Crippen LogP contribution in [0.5, 0.6) is 5.75 Å². The molecule has 0 bridgehead atoms. The van der Waals surface area contributed by atoms with Crippen LogP contribution < -0.4 is 15.5 Å². The van der Waals surface area contributed by atoms with E-state index in [2.05, 4.69) is 34.9 Å². The largest absolute Gasteiger partial charge is 0.488 e. The summed E-state index contributed by atoms with van der Waals surface area (Å²) < 4.78 is 5.94. The first-order chi connectivity index (χ1) is 11.2. The number of hydrogen-bond donors (Lipinski definition) is 2. The zero-order chi connectivity index (χ0) is 16.5. The van der Waals surface area contributed by atoms with Crippen molar-refractivity contribution < 1.29 is 4.74 Å². The minimum Gasteiger partial charge on any atom is -0.488 e. The van der Waals surface area contributed by atoms with Gasteiger partial charge in [0.15, 0.2) is 5.11 Å². The van der Waals surface area contributed by atoms with Crippen LogP contribution in [0.4, 0.5) is 0 Å². The van der Waals surface area contributed by atoms with Gasteiger partial charge in [-0.15, -0.1) is 0 Å². The van der Waals surface area contributed by atoms with Gasteiger partial charge in [-0.25, -0.2) is 0 Å². The van der Waals surface area contributed by atoms with E-state index < -0.39 is 0 Å². The number of nitrogens with one attached hydrogen (secondary N) is 2. The second-order valence-corrected chi connectivity index (χ2v) is 5.39. The highest BCUT2D eigenvalue weighted by Gasteiger charge is 2.03. The van der Waals surface area contributed by atoms with Crippen LogP contribution in [0.25, 0.3) is 0 Å². The first-order valence-electron chi connectivity index (χ1n) is 7.54. The molecule has 5 heteroatoms. The van der Waals surface area contributed by atoms with Gasteiger partial charge in [-0.1, -0.05) is 36.4 Å². The Balaban J connectivity index is 2.01. The molecule has 2 N–H and O–H groups in total. The van der Waals surface area contributed by atoms with E-state index in [0.717, 1.165) is 17.9 Å². The fraction of sp³-hybridized carbons (Fsp3) is 0.222. The van der Waals surface area contributed by atoms with Gasteiger partial charge in [0.1, 0.15) is 12.4 Å². The Kier molecular flexibility index (Phi) is 6.56. The Morgan fingerprint density at radius 1 is 1.17 bits per heavy atom. The molecule has 0 saturated heterocycles. The maximum Gasteiger partial charge on any atom is 0.186 e. The quantitative estimate of drug-likeness (QED) is 0.485. The van der Waals surface area contributed by atoms with E-state index in [-0.39, 0.29) is 0 Å². The number of nitrogens with zero attached hydrogens (tertiary/aromatic N) is 1. The van der Waals surface area contributed by atoms with Crippen molar-refractivity contribution in [3.63, 3.8) is 0 Å². The van der Waals surface area contributed by atoms with Crippen LogP contribution in [0.2, 0.25) is 0 Å². The molecule has 2 aromatic rings. The second-order valence-electron chi connectivity index (χ2n) is 4.98. The maximum atomic E-state index is 5.94. The fourth-order valence-electron chi connectivity index (χ4n) is 2.01. The molecular weight excluding hydrogens is 306 g/mol. The van der Waals surface area contributed by atoms with Crippen molar-refractivity contribution in [2.45, 2.75) is 20.5 Å². The van der Waals surface area contributed by atoms with Crippen LogP contribution in [0.1, 0.15) is 23.6 Å². The summed E-state index contributed by atoms with van der Waals surface area (Å²) in [7, 11) is 0. The summed E-state index contributed by atoms with van der Waals surface area (Å²) in [6, 6.07) is 16.0. The SMILES string of the molecule is CCNC(=S)N/N=C\c1ccccc1OCc1ccccc1C. The molecule has 0 spiro atoms. The van der Waals surface area contributed by atoms with Crippen molar-refractivity contribution in [1.29, 1.82) is 0 Å². The first-order valence-corrected chi connectivity index (χ1v) is 7.94. The van der Waals surface area contributed by atoms with Crippen molar-refractivity contribution in [2.75, 3.05) is 6.54 Å². The first kappa shape index (κ1) is 17.0. The van der Waals surface area contributed by atoms with E-state index in [1.165, 1.54) is 11.1 Å². The van der Waals surface area contributed by atoms with Crippen LogP contribution >= 0.6 is 12.2 Å². The Bertz CT molecular complexity index is 685. The third-order valence-corrected chi connectivity index (χ3v) is 3.51. The van der Waals surface area contributed by atoms with Crippen molar-refractivity contribution in [3.05, 3.63) is 65.2 Å². The van der Waals surface area contributed by atoms with E-state index in [1.54, 1.807) is 6.21 Å². The predicted molar refractivity (Wildman–Crippen MR) is 99.0 cm³/mol. The lowest BCUT2D eigenvalue weighted by Crippen LogP contribution is -2.31. The van der Waals surface area contributed by atoms with Gasteiger partial charge in [0.2, 0.25) is 0 Å². The zero-order valence-corrected chi connectivity index (χ0v) is 14.2. The number of para-hydroxylation sites is 1. The molecule has 0 fully saturated rings. The average Bonchev–Trinajstić information content (AvgIpc) is 2.55. The van der Waals surface area contributed by atoms with Crippen LogP contribution in [0, 0.1) is 6.92 Å². The number of benzene rings is 2. The van der Waals surface area contributed by atoms with Crippen LogP contribution in [-0.2, 0) is 6.61 Å². The molecular formula is C18H21N3OS. The lowest BCUT2D eigenvalue weighted by atomic mass is 10.1. The highest BCUT2D eigenvalue weighted by molar-refractivity contribution is 7.80. The van der Waals surface area contributed by atoms with Gasteiger partial charge in [0.25, 0.3) is 0 Å². The van der Waals surface area contributed by atoms with E-state index in [4.69, 9.17) is 17.0 Å². The summed E-state index contributed by atoms with van der Waals surface area (Å²) in [4.78, 5) is 0. The molecule has 0 aliphatic rings. The lowest BCUT2D eigenvalue weighted by molar-refractivity contribution is 0.305. The number of aryl methyl sites for hydroxylation is 1. The summed E-state index contributed by atoms with van der Waals surface area (Å²) in [6.45, 7) is 5.35. The highest BCUT2D eigenvalue weighted by Crippen LogP contribution is 2.18. The number of hydrazone groups is 1. The lowest BCUT2D eigenvalue weighted by Gasteiger charge is -2.10. The van der Waals surface area contributed by atoms with E-state index >= 15 is 0 Å². The van der Waals surface area contributed by atoms with Crippen molar-refractivity contribution in [2.24, 2.45) is 5.10 Å². The molecule has 0 unspecified atom stereocenters. The Hall–Kier alpha value is -2.40. The molecule has 120 valence electrons. The molecule has 0 aliphatic carbocycles. The van der Waals surface area contributed by atoms with E-state index in [0.29, 0.717) is 11.7 Å². The highest BCUT2D eigenvalue weighted by atomic mass is 32.1. The fourth-order valence-corrected chi connectivity index (χ4v) is 2.20. The average molecular weight is 327 g/mol. The number of hydrogen-bond acceptors (Lipinski definition) is 3. The van der Waals surface area contributed by atoms with Crippen molar-refractivity contribution in [3.8, 4) is 5.75 Å². The zero-order valence-electron chi connectivity index (χ0n) is 13.4. The molecule has 23 heavy (non-hydrogen) atoms. The van der Waals surface area contributed by atoms with Gasteiger partial charge < -0.3 is 10.1 Å². The Morgan fingerprint density at radius 3 is 2.70 bits per heavy atom. The standard InChI is InChI=1S/C18H21N3OS/c1-3-19-18(23)21-20-12-15-9-6-7-11-17(15)22-13-16-10-5-4-8-14(16)2/h4-12H,3,13H2,1-2H3,(H2,19,21,23)/b20-12-. The summed E-state index contributed by atoms with van der Waals surface area (Å²) in [5.74, 6) is 0.788. The van der Waals surface area contributed by atoms with Gasteiger partial charge in [-0.05, 0) is 49.3 Å². The van der Waals surface area contributed by atoms with Crippen LogP contribution in [0.15, 0.2) is 53.6 Å². The number of ether oxygens (including phenoxy) is 1. The van der Waals surface area contributed by atoms with Crippen molar-refractivity contribution in [1.82, 2.24) is 10.7 Å². The van der Waals surface area contributed by atoms with Gasteiger partial charge in [0, 0.05) is 12.1 Å². The third-order valence-electron chi connectivity index (χ3n) is 3.27. The normalized spacial score (nSPS) is 10.5. The van der Waals surface area contributed by atoms with E-state index in [9.17, 15) is 0 Å². The van der Waals surface area contributed by atoms with Gasteiger partial charge in [-0.2, -0.15) is 5.10 Å². The number of rotatable bonds is 6. The van der Waals surface area contributed by atoms with Gasteiger partial charge in [0.05, 0.1) is 6.21 Å². The summed E-state index contributed by atoms with van der Waals surface area (Å²) in [5.41, 5.74) is 6.06. The van der Waals surface area contributed by atoms with Crippen molar-refractivity contribution >= 4 is 23.5 Å². The molecule has 2 aromatic carbocycles. The van der Waals surface area contributed by atoms with Crippen LogP contribution in [-0.4, -0.2) is 17.9 Å². The molecule has 0 heterocycles. The predicted octanol–water partition coefficient (Wildman–Crippen LogP) is 3.39. The molecule has 2 rings (SSSR count). The van der Waals surface area contributed by atoms with Gasteiger partial charge >= 0.3 is 0 Å².